The van der Waals surface area contributed by atoms with Gasteiger partial charge in [-0.3, -0.25) is 0 Å². The van der Waals surface area contributed by atoms with E-state index in [9.17, 15) is 0 Å². The lowest BCUT2D eigenvalue weighted by atomic mass is 10.2. The van der Waals surface area contributed by atoms with Crippen molar-refractivity contribution in [2.45, 2.75) is 25.0 Å². The molecule has 0 amide bonds. The fraction of sp³-hybridized carbons (Fsp3) is 0.600. The largest absolute Gasteiger partial charge is 0.382 e. The van der Waals surface area contributed by atoms with Crippen LogP contribution >= 0.6 is 0 Å². The molecule has 15 heavy (non-hydrogen) atoms. The van der Waals surface area contributed by atoms with E-state index in [1.807, 2.05) is 6.07 Å². The first-order valence-corrected chi connectivity index (χ1v) is 5.31. The first kappa shape index (κ1) is 8.91. The molecule has 5 heteroatoms. The summed E-state index contributed by atoms with van der Waals surface area (Å²) in [6.45, 7) is 1.85. The van der Waals surface area contributed by atoms with Gasteiger partial charge in [-0.1, -0.05) is 0 Å². The zero-order chi connectivity index (χ0) is 10.3. The fourth-order valence-corrected chi connectivity index (χ4v) is 2.31. The smallest absolute Gasteiger partial charge is 0.151 e. The maximum absolute atomic E-state index is 5.76. The lowest BCUT2D eigenvalue weighted by Crippen LogP contribution is -2.43. The van der Waals surface area contributed by atoms with Crippen molar-refractivity contribution in [3.05, 3.63) is 12.1 Å². The van der Waals surface area contributed by atoms with E-state index >= 15 is 0 Å². The van der Waals surface area contributed by atoms with Crippen molar-refractivity contribution in [3.63, 3.8) is 0 Å². The van der Waals surface area contributed by atoms with Crippen molar-refractivity contribution in [2.24, 2.45) is 0 Å². The number of fused-ring (bicyclic) bond motifs is 2. The Morgan fingerprint density at radius 3 is 2.53 bits per heavy atom. The molecule has 2 fully saturated rings. The zero-order valence-electron chi connectivity index (χ0n) is 8.47. The minimum atomic E-state index is 0.378. The van der Waals surface area contributed by atoms with E-state index in [-0.39, 0.29) is 0 Å². The van der Waals surface area contributed by atoms with Crippen LogP contribution in [0.15, 0.2) is 12.1 Å². The third-order valence-corrected chi connectivity index (χ3v) is 3.04. The summed E-state index contributed by atoms with van der Waals surface area (Å²) in [5.41, 5.74) is 5.51. The summed E-state index contributed by atoms with van der Waals surface area (Å²) in [7, 11) is 0. The van der Waals surface area contributed by atoms with Crippen LogP contribution in [0, 0.1) is 0 Å². The third kappa shape index (κ3) is 1.63. The normalized spacial score (nSPS) is 29.5. The minimum Gasteiger partial charge on any atom is -0.382 e. The van der Waals surface area contributed by atoms with Crippen LogP contribution in [0.4, 0.5) is 11.6 Å². The molecule has 0 spiro atoms. The molecule has 2 unspecified atom stereocenters. The Morgan fingerprint density at radius 1 is 1.20 bits per heavy atom. The third-order valence-electron chi connectivity index (χ3n) is 3.04. The quantitative estimate of drug-likeness (QED) is 0.721. The Labute approximate surface area is 88.2 Å². The number of hydrogen-bond donors (Lipinski definition) is 1. The van der Waals surface area contributed by atoms with E-state index in [1.165, 1.54) is 12.8 Å². The van der Waals surface area contributed by atoms with Crippen molar-refractivity contribution in [1.82, 2.24) is 10.2 Å². The molecule has 2 aliphatic rings. The highest BCUT2D eigenvalue weighted by molar-refractivity contribution is 5.42. The van der Waals surface area contributed by atoms with Gasteiger partial charge < -0.3 is 15.4 Å². The Bertz CT molecular complexity index is 341. The van der Waals surface area contributed by atoms with E-state index in [2.05, 4.69) is 15.1 Å². The Morgan fingerprint density at radius 2 is 1.93 bits per heavy atom. The van der Waals surface area contributed by atoms with Crippen LogP contribution in [0.5, 0.6) is 0 Å². The van der Waals surface area contributed by atoms with Gasteiger partial charge in [-0.2, -0.15) is 0 Å². The molecule has 0 aromatic carbocycles. The molecule has 1 aromatic rings. The molecule has 2 atom stereocenters. The first-order chi connectivity index (χ1) is 7.31. The second-order valence-corrected chi connectivity index (χ2v) is 4.18. The van der Waals surface area contributed by atoms with Crippen LogP contribution < -0.4 is 10.6 Å². The SMILES string of the molecule is Nc1ccc(N2CC3CCC(C2)O3)nn1. The number of nitrogens with two attached hydrogens (primary N) is 1. The molecule has 0 saturated carbocycles. The number of anilines is 2. The van der Waals surface area contributed by atoms with Crippen LogP contribution in [-0.2, 0) is 4.74 Å². The maximum atomic E-state index is 5.76. The van der Waals surface area contributed by atoms with Crippen LogP contribution in [0.2, 0.25) is 0 Å². The molecule has 1 aromatic heterocycles. The Kier molecular flexibility index (Phi) is 1.98. The molecular formula is C10H14N4O. The lowest BCUT2D eigenvalue weighted by Gasteiger charge is -2.32. The highest BCUT2D eigenvalue weighted by atomic mass is 16.5. The number of nitrogen functional groups attached to an aromatic ring is 1. The summed E-state index contributed by atoms with van der Waals surface area (Å²) < 4.78 is 5.76. The predicted molar refractivity (Wildman–Crippen MR) is 56.6 cm³/mol. The van der Waals surface area contributed by atoms with Gasteiger partial charge in [-0.05, 0) is 25.0 Å². The van der Waals surface area contributed by atoms with Crippen molar-refractivity contribution in [1.29, 1.82) is 0 Å². The van der Waals surface area contributed by atoms with Gasteiger partial charge in [0, 0.05) is 13.1 Å². The van der Waals surface area contributed by atoms with E-state index in [0.29, 0.717) is 18.0 Å². The average molecular weight is 206 g/mol. The Hall–Kier alpha value is -1.36. The molecule has 3 heterocycles. The van der Waals surface area contributed by atoms with Crippen molar-refractivity contribution >= 4 is 11.6 Å². The van der Waals surface area contributed by atoms with Gasteiger partial charge in [0.05, 0.1) is 12.2 Å². The monoisotopic (exact) mass is 206 g/mol. The van der Waals surface area contributed by atoms with E-state index in [0.717, 1.165) is 18.9 Å². The highest BCUT2D eigenvalue weighted by Gasteiger charge is 2.34. The van der Waals surface area contributed by atoms with Gasteiger partial charge in [-0.25, -0.2) is 0 Å². The summed E-state index contributed by atoms with van der Waals surface area (Å²) in [5, 5.41) is 7.96. The number of aromatic nitrogens is 2. The van der Waals surface area contributed by atoms with Gasteiger partial charge in [0.1, 0.15) is 5.82 Å². The van der Waals surface area contributed by atoms with Gasteiger partial charge in [0.15, 0.2) is 5.82 Å². The molecule has 80 valence electrons. The predicted octanol–water partition coefficient (Wildman–Crippen LogP) is 0.426. The van der Waals surface area contributed by atoms with Gasteiger partial charge in [0.2, 0.25) is 0 Å². The van der Waals surface area contributed by atoms with Crippen molar-refractivity contribution < 1.29 is 4.74 Å². The lowest BCUT2D eigenvalue weighted by molar-refractivity contribution is 0.0302. The zero-order valence-corrected chi connectivity index (χ0v) is 8.47. The molecule has 3 rings (SSSR count). The topological polar surface area (TPSA) is 64.3 Å². The van der Waals surface area contributed by atoms with E-state index < -0.39 is 0 Å². The molecule has 2 aliphatic heterocycles. The maximum Gasteiger partial charge on any atom is 0.151 e. The minimum absolute atomic E-state index is 0.378. The average Bonchev–Trinajstić information content (AvgIpc) is 2.59. The number of nitrogens with zero attached hydrogens (tertiary/aromatic N) is 3. The molecular weight excluding hydrogens is 192 g/mol. The Balaban J connectivity index is 1.80. The fourth-order valence-electron chi connectivity index (χ4n) is 2.31. The van der Waals surface area contributed by atoms with Crippen LogP contribution in [0.3, 0.4) is 0 Å². The summed E-state index contributed by atoms with van der Waals surface area (Å²) in [5.74, 6) is 1.37. The van der Waals surface area contributed by atoms with Gasteiger partial charge >= 0.3 is 0 Å². The molecule has 2 N–H and O–H groups in total. The standard InChI is InChI=1S/C10H14N4O/c11-9-3-4-10(13-12-9)14-5-7-1-2-8(6-14)15-7/h3-4,7-8H,1-2,5-6H2,(H2,11,12). The summed E-state index contributed by atoms with van der Waals surface area (Å²) >= 11 is 0. The van der Waals surface area contributed by atoms with Crippen LogP contribution in [0.1, 0.15) is 12.8 Å². The number of morpholine rings is 1. The van der Waals surface area contributed by atoms with Crippen LogP contribution in [-0.4, -0.2) is 35.5 Å². The number of hydrogen-bond acceptors (Lipinski definition) is 5. The van der Waals surface area contributed by atoms with E-state index in [4.69, 9.17) is 10.5 Å². The molecule has 2 saturated heterocycles. The summed E-state index contributed by atoms with van der Waals surface area (Å²) in [6.07, 6.45) is 3.10. The second kappa shape index (κ2) is 3.34. The molecule has 2 bridgehead atoms. The van der Waals surface area contributed by atoms with E-state index in [1.54, 1.807) is 6.07 Å². The van der Waals surface area contributed by atoms with Crippen LogP contribution in [0.25, 0.3) is 0 Å². The van der Waals surface area contributed by atoms with Crippen molar-refractivity contribution in [3.8, 4) is 0 Å². The van der Waals surface area contributed by atoms with Gasteiger partial charge in [0.25, 0.3) is 0 Å². The number of rotatable bonds is 1. The number of ether oxygens (including phenoxy) is 1. The first-order valence-electron chi connectivity index (χ1n) is 5.31. The summed E-state index contributed by atoms with van der Waals surface area (Å²) in [4.78, 5) is 2.23. The summed E-state index contributed by atoms with van der Waals surface area (Å²) in [6, 6.07) is 3.72. The molecule has 5 nitrogen and oxygen atoms in total. The van der Waals surface area contributed by atoms with Gasteiger partial charge in [-0.15, -0.1) is 10.2 Å². The second-order valence-electron chi connectivity index (χ2n) is 4.18. The molecule has 0 radical (unpaired) electrons. The molecule has 0 aliphatic carbocycles. The van der Waals surface area contributed by atoms with Crippen molar-refractivity contribution in [2.75, 3.05) is 23.7 Å². The highest BCUT2D eigenvalue weighted by Crippen LogP contribution is 2.28.